The first-order chi connectivity index (χ1) is 9.29. The predicted molar refractivity (Wildman–Crippen MR) is 74.3 cm³/mol. The number of nitrogens with two attached hydrogens (primary N) is 1. The number of hydrogen-bond acceptors (Lipinski definition) is 4. The van der Waals surface area contributed by atoms with E-state index in [-0.39, 0.29) is 5.91 Å². The highest BCUT2D eigenvalue weighted by Gasteiger charge is 2.17. The van der Waals surface area contributed by atoms with E-state index < -0.39 is 24.3 Å². The van der Waals surface area contributed by atoms with E-state index in [2.05, 4.69) is 10.6 Å². The quantitative estimate of drug-likeness (QED) is 0.632. The number of carbonyl (C=O) groups excluding carboxylic acids is 2. The second-order valence-corrected chi connectivity index (χ2v) is 4.40. The number of carboxylic acid groups (broad SMARTS) is 1. The number of aliphatic carboxylic acids is 1. The van der Waals surface area contributed by atoms with Crippen molar-refractivity contribution in [3.63, 3.8) is 0 Å². The third-order valence-electron chi connectivity index (χ3n) is 2.55. The summed E-state index contributed by atoms with van der Waals surface area (Å²) in [5.41, 5.74) is 7.30. The van der Waals surface area contributed by atoms with Crippen LogP contribution in [0.15, 0.2) is 18.2 Å². The van der Waals surface area contributed by atoms with Gasteiger partial charge in [-0.25, -0.2) is 0 Å². The zero-order valence-corrected chi connectivity index (χ0v) is 11.3. The maximum atomic E-state index is 11.7. The van der Waals surface area contributed by atoms with Crippen LogP contribution in [0.2, 0.25) is 0 Å². The molecule has 1 rings (SSSR count). The Kier molecular flexibility index (Phi) is 5.22. The molecule has 1 unspecified atom stereocenters. The van der Waals surface area contributed by atoms with E-state index in [9.17, 15) is 14.4 Å². The minimum atomic E-state index is -1.14. The van der Waals surface area contributed by atoms with Crippen molar-refractivity contribution in [2.75, 3.05) is 10.6 Å². The summed E-state index contributed by atoms with van der Waals surface area (Å²) in [6, 6.07) is 3.83. The fourth-order valence-corrected chi connectivity index (χ4v) is 1.54. The summed E-state index contributed by atoms with van der Waals surface area (Å²) in [6.45, 7) is 3.19. The molecule has 108 valence electrons. The topological polar surface area (TPSA) is 122 Å². The second-order valence-electron chi connectivity index (χ2n) is 4.40. The third-order valence-corrected chi connectivity index (χ3v) is 2.55. The number of amides is 2. The SMILES string of the molecule is CC(=O)Nc1cc(NC(=O)C(N)CC(=O)O)ccc1C. The summed E-state index contributed by atoms with van der Waals surface area (Å²) < 4.78 is 0. The molecule has 1 atom stereocenters. The van der Waals surface area contributed by atoms with E-state index in [1.54, 1.807) is 18.2 Å². The largest absolute Gasteiger partial charge is 0.481 e. The Labute approximate surface area is 116 Å². The molecular weight excluding hydrogens is 262 g/mol. The van der Waals surface area contributed by atoms with E-state index in [1.165, 1.54) is 6.92 Å². The van der Waals surface area contributed by atoms with Crippen molar-refractivity contribution in [3.05, 3.63) is 23.8 Å². The lowest BCUT2D eigenvalue weighted by Crippen LogP contribution is -2.37. The summed E-state index contributed by atoms with van der Waals surface area (Å²) in [7, 11) is 0. The Morgan fingerprint density at radius 1 is 1.30 bits per heavy atom. The summed E-state index contributed by atoms with van der Waals surface area (Å²) >= 11 is 0. The normalized spacial score (nSPS) is 11.6. The van der Waals surface area contributed by atoms with Gasteiger partial charge in [-0.1, -0.05) is 6.07 Å². The predicted octanol–water partition coefficient (Wildman–Crippen LogP) is 0.694. The summed E-state index contributed by atoms with van der Waals surface area (Å²) in [5.74, 6) is -1.96. The number of benzene rings is 1. The Morgan fingerprint density at radius 3 is 2.50 bits per heavy atom. The van der Waals surface area contributed by atoms with Gasteiger partial charge in [-0.2, -0.15) is 0 Å². The molecule has 20 heavy (non-hydrogen) atoms. The molecular formula is C13H17N3O4. The molecule has 1 aromatic carbocycles. The van der Waals surface area contributed by atoms with Gasteiger partial charge in [0.25, 0.3) is 0 Å². The van der Waals surface area contributed by atoms with Gasteiger partial charge in [-0.05, 0) is 24.6 Å². The molecule has 0 spiro atoms. The van der Waals surface area contributed by atoms with Gasteiger partial charge in [-0.15, -0.1) is 0 Å². The van der Waals surface area contributed by atoms with Gasteiger partial charge in [0.15, 0.2) is 0 Å². The third kappa shape index (κ3) is 4.69. The molecule has 0 heterocycles. The van der Waals surface area contributed by atoms with E-state index in [4.69, 9.17) is 10.8 Å². The van der Waals surface area contributed by atoms with Crippen LogP contribution in [0.25, 0.3) is 0 Å². The van der Waals surface area contributed by atoms with Crippen LogP contribution in [0.3, 0.4) is 0 Å². The summed E-state index contributed by atoms with van der Waals surface area (Å²) in [6.07, 6.45) is -0.448. The molecule has 5 N–H and O–H groups in total. The molecule has 2 amide bonds. The standard InChI is InChI=1S/C13H17N3O4/c1-7-3-4-9(5-11(7)15-8(2)17)16-13(20)10(14)6-12(18)19/h3-5,10H,6,14H2,1-2H3,(H,15,17)(H,16,20)(H,18,19). The molecule has 1 aromatic rings. The van der Waals surface area contributed by atoms with Crippen molar-refractivity contribution in [2.45, 2.75) is 26.3 Å². The van der Waals surface area contributed by atoms with Crippen molar-refractivity contribution >= 4 is 29.2 Å². The molecule has 0 saturated carbocycles. The highest BCUT2D eigenvalue weighted by Crippen LogP contribution is 2.20. The maximum absolute atomic E-state index is 11.7. The lowest BCUT2D eigenvalue weighted by molar-refractivity contribution is -0.138. The fourth-order valence-electron chi connectivity index (χ4n) is 1.54. The lowest BCUT2D eigenvalue weighted by Gasteiger charge is -2.13. The summed E-state index contributed by atoms with van der Waals surface area (Å²) in [4.78, 5) is 33.2. The van der Waals surface area contributed by atoms with Gasteiger partial charge < -0.3 is 21.5 Å². The Bertz CT molecular complexity index is 542. The van der Waals surface area contributed by atoms with Crippen LogP contribution in [-0.4, -0.2) is 28.9 Å². The van der Waals surface area contributed by atoms with Crippen LogP contribution >= 0.6 is 0 Å². The number of hydrogen-bond donors (Lipinski definition) is 4. The molecule has 0 aromatic heterocycles. The second kappa shape index (κ2) is 6.67. The van der Waals surface area contributed by atoms with Gasteiger partial charge in [0, 0.05) is 18.3 Å². The number of carboxylic acids is 1. The number of anilines is 2. The van der Waals surface area contributed by atoms with Crippen LogP contribution in [0.5, 0.6) is 0 Å². The van der Waals surface area contributed by atoms with Gasteiger partial charge in [-0.3, -0.25) is 14.4 Å². The molecule has 0 fully saturated rings. The fraction of sp³-hybridized carbons (Fsp3) is 0.308. The van der Waals surface area contributed by atoms with E-state index >= 15 is 0 Å². The molecule has 7 nitrogen and oxygen atoms in total. The van der Waals surface area contributed by atoms with E-state index in [0.717, 1.165) is 5.56 Å². The van der Waals surface area contributed by atoms with Crippen LogP contribution in [0, 0.1) is 6.92 Å². The molecule has 0 saturated heterocycles. The van der Waals surface area contributed by atoms with Crippen molar-refractivity contribution < 1.29 is 19.5 Å². The van der Waals surface area contributed by atoms with Crippen molar-refractivity contribution in [3.8, 4) is 0 Å². The Balaban J connectivity index is 2.80. The molecule has 0 aliphatic carbocycles. The molecule has 0 radical (unpaired) electrons. The monoisotopic (exact) mass is 279 g/mol. The number of nitrogens with one attached hydrogen (secondary N) is 2. The zero-order valence-electron chi connectivity index (χ0n) is 11.3. The molecule has 7 heteroatoms. The number of aryl methyl sites for hydroxylation is 1. The van der Waals surface area contributed by atoms with Crippen LogP contribution in [0.1, 0.15) is 18.9 Å². The minimum absolute atomic E-state index is 0.223. The first-order valence-electron chi connectivity index (χ1n) is 5.96. The highest BCUT2D eigenvalue weighted by molar-refractivity contribution is 5.97. The maximum Gasteiger partial charge on any atom is 0.305 e. The van der Waals surface area contributed by atoms with Crippen LogP contribution in [0.4, 0.5) is 11.4 Å². The highest BCUT2D eigenvalue weighted by atomic mass is 16.4. The lowest BCUT2D eigenvalue weighted by atomic mass is 10.1. The first kappa shape index (κ1) is 15.6. The van der Waals surface area contributed by atoms with Crippen LogP contribution < -0.4 is 16.4 Å². The molecule has 0 aliphatic rings. The molecule has 0 bridgehead atoms. The van der Waals surface area contributed by atoms with Gasteiger partial charge in [0.1, 0.15) is 0 Å². The number of rotatable bonds is 5. The Morgan fingerprint density at radius 2 is 1.95 bits per heavy atom. The average Bonchev–Trinajstić information content (AvgIpc) is 2.31. The first-order valence-corrected chi connectivity index (χ1v) is 5.96. The average molecular weight is 279 g/mol. The number of carbonyl (C=O) groups is 3. The van der Waals surface area contributed by atoms with E-state index in [0.29, 0.717) is 11.4 Å². The minimum Gasteiger partial charge on any atom is -0.481 e. The zero-order chi connectivity index (χ0) is 15.3. The van der Waals surface area contributed by atoms with E-state index in [1.807, 2.05) is 6.92 Å². The Hall–Kier alpha value is -2.41. The van der Waals surface area contributed by atoms with Crippen molar-refractivity contribution in [1.29, 1.82) is 0 Å². The summed E-state index contributed by atoms with van der Waals surface area (Å²) in [5, 5.41) is 13.7. The van der Waals surface area contributed by atoms with Gasteiger partial charge >= 0.3 is 5.97 Å². The smallest absolute Gasteiger partial charge is 0.305 e. The van der Waals surface area contributed by atoms with Gasteiger partial charge in [0.2, 0.25) is 11.8 Å². The van der Waals surface area contributed by atoms with Crippen LogP contribution in [-0.2, 0) is 14.4 Å². The van der Waals surface area contributed by atoms with Gasteiger partial charge in [0.05, 0.1) is 12.5 Å². The van der Waals surface area contributed by atoms with Crippen molar-refractivity contribution in [1.82, 2.24) is 0 Å². The molecule has 0 aliphatic heterocycles. The van der Waals surface area contributed by atoms with Crippen molar-refractivity contribution in [2.24, 2.45) is 5.73 Å².